The van der Waals surface area contributed by atoms with E-state index in [1.165, 1.54) is 30.3 Å². The lowest BCUT2D eigenvalue weighted by atomic mass is 10.4. The Labute approximate surface area is 140 Å². The molecule has 0 aliphatic rings. The Morgan fingerprint density at radius 2 is 1.50 bits per heavy atom. The summed E-state index contributed by atoms with van der Waals surface area (Å²) in [6, 6.07) is 8.54. The van der Waals surface area contributed by atoms with Crippen LogP contribution in [0.5, 0.6) is 0 Å². The molecule has 0 aliphatic carbocycles. The SMILES string of the molecule is O=S(=O)(NNS(=O)(=O)c1cnc(Cl)c(Br)c1)c1ccccc1. The highest BCUT2D eigenvalue weighted by Crippen LogP contribution is 2.22. The van der Waals surface area contributed by atoms with Gasteiger partial charge in [0.05, 0.1) is 9.37 Å². The summed E-state index contributed by atoms with van der Waals surface area (Å²) in [7, 11) is -8.15. The minimum absolute atomic E-state index is 0.0758. The molecule has 0 bridgehead atoms. The van der Waals surface area contributed by atoms with Crippen LogP contribution in [0.3, 0.4) is 0 Å². The fourth-order valence-electron chi connectivity index (χ4n) is 1.38. The second-order valence-electron chi connectivity index (χ2n) is 3.97. The van der Waals surface area contributed by atoms with Gasteiger partial charge in [0.15, 0.2) is 0 Å². The van der Waals surface area contributed by atoms with Gasteiger partial charge >= 0.3 is 0 Å². The highest BCUT2D eigenvalue weighted by atomic mass is 79.9. The van der Waals surface area contributed by atoms with E-state index >= 15 is 0 Å². The highest BCUT2D eigenvalue weighted by molar-refractivity contribution is 9.10. The van der Waals surface area contributed by atoms with Crippen molar-refractivity contribution in [3.63, 3.8) is 0 Å². The molecule has 0 saturated carbocycles. The molecule has 1 aromatic carbocycles. The molecule has 7 nitrogen and oxygen atoms in total. The molecule has 0 saturated heterocycles. The topological polar surface area (TPSA) is 105 Å². The van der Waals surface area contributed by atoms with Crippen molar-refractivity contribution >= 4 is 47.6 Å². The summed E-state index contributed by atoms with van der Waals surface area (Å²) in [6.45, 7) is 0. The second kappa shape index (κ2) is 6.60. The van der Waals surface area contributed by atoms with Gasteiger partial charge < -0.3 is 0 Å². The van der Waals surface area contributed by atoms with Gasteiger partial charge in [0.1, 0.15) is 10.0 Å². The molecule has 2 rings (SSSR count). The van der Waals surface area contributed by atoms with Crippen molar-refractivity contribution in [2.75, 3.05) is 0 Å². The standard InChI is InChI=1S/C11H9BrClN3O4S2/c12-10-6-9(7-14-11(10)13)22(19,20)16-15-21(17,18)8-4-2-1-3-5-8/h1-7,15-16H. The van der Waals surface area contributed by atoms with E-state index in [-0.39, 0.29) is 19.4 Å². The third-order valence-corrected chi connectivity index (χ3v) is 6.19. The van der Waals surface area contributed by atoms with Crippen LogP contribution in [0.4, 0.5) is 0 Å². The molecular weight excluding hydrogens is 418 g/mol. The number of aromatic nitrogens is 1. The molecule has 0 radical (unpaired) electrons. The predicted molar refractivity (Wildman–Crippen MR) is 84.0 cm³/mol. The Kier molecular flexibility index (Phi) is 5.20. The van der Waals surface area contributed by atoms with Crippen LogP contribution in [0.25, 0.3) is 0 Å². The van der Waals surface area contributed by atoms with Gasteiger partial charge in [-0.2, -0.15) is 0 Å². The second-order valence-corrected chi connectivity index (χ2v) is 8.54. The van der Waals surface area contributed by atoms with E-state index < -0.39 is 20.0 Å². The van der Waals surface area contributed by atoms with Crippen molar-refractivity contribution < 1.29 is 16.8 Å². The van der Waals surface area contributed by atoms with E-state index in [9.17, 15) is 16.8 Å². The summed E-state index contributed by atoms with van der Waals surface area (Å²) in [6.07, 6.45) is 1.01. The Balaban J connectivity index is 2.21. The molecule has 118 valence electrons. The van der Waals surface area contributed by atoms with Crippen LogP contribution >= 0.6 is 27.5 Å². The molecule has 0 unspecified atom stereocenters. The lowest BCUT2D eigenvalue weighted by molar-refractivity contribution is 0.557. The molecule has 1 heterocycles. The number of nitrogens with zero attached hydrogens (tertiary/aromatic N) is 1. The Morgan fingerprint density at radius 1 is 0.955 bits per heavy atom. The van der Waals surface area contributed by atoms with Gasteiger partial charge in [-0.15, -0.1) is 9.66 Å². The molecule has 0 spiro atoms. The molecule has 2 N–H and O–H groups in total. The van der Waals surface area contributed by atoms with Crippen molar-refractivity contribution in [1.82, 2.24) is 14.6 Å². The third-order valence-electron chi connectivity index (χ3n) is 2.45. The number of halogens is 2. The van der Waals surface area contributed by atoms with Crippen molar-refractivity contribution in [3.05, 3.63) is 52.2 Å². The summed E-state index contributed by atoms with van der Waals surface area (Å²) in [5.74, 6) is 0. The average molecular weight is 427 g/mol. The first kappa shape index (κ1) is 17.3. The summed E-state index contributed by atoms with van der Waals surface area (Å²) in [5, 5.41) is 0.0869. The molecule has 0 aliphatic heterocycles. The fourth-order valence-corrected chi connectivity index (χ4v) is 4.08. The van der Waals surface area contributed by atoms with Gasteiger partial charge in [-0.3, -0.25) is 0 Å². The molecular formula is C11H9BrClN3O4S2. The van der Waals surface area contributed by atoms with E-state index in [0.717, 1.165) is 6.20 Å². The first-order chi connectivity index (χ1) is 10.2. The largest absolute Gasteiger partial charge is 0.255 e. The summed E-state index contributed by atoms with van der Waals surface area (Å²) < 4.78 is 48.2. The van der Waals surface area contributed by atoms with Crippen molar-refractivity contribution in [1.29, 1.82) is 0 Å². The summed E-state index contributed by atoms with van der Waals surface area (Å²) in [5.41, 5.74) is 0. The smallest absolute Gasteiger partial charge is 0.242 e. The Morgan fingerprint density at radius 3 is 2.05 bits per heavy atom. The Bertz CT molecular complexity index is 889. The van der Waals surface area contributed by atoms with E-state index in [2.05, 4.69) is 20.9 Å². The quantitative estimate of drug-likeness (QED) is 0.559. The third kappa shape index (κ3) is 4.03. The van der Waals surface area contributed by atoms with Gasteiger partial charge in [-0.1, -0.05) is 29.8 Å². The van der Waals surface area contributed by atoms with Crippen molar-refractivity contribution in [3.8, 4) is 0 Å². The van der Waals surface area contributed by atoms with Gasteiger partial charge in [0.2, 0.25) is 0 Å². The first-order valence-corrected chi connectivity index (χ1v) is 9.76. The van der Waals surface area contributed by atoms with Crippen LogP contribution in [0.15, 0.2) is 56.9 Å². The number of sulfonamides is 2. The van der Waals surface area contributed by atoms with Crippen molar-refractivity contribution in [2.24, 2.45) is 0 Å². The number of pyridine rings is 1. The number of benzene rings is 1. The van der Waals surface area contributed by atoms with Gasteiger partial charge in [0.25, 0.3) is 20.0 Å². The number of rotatable bonds is 5. The summed E-state index contributed by atoms with van der Waals surface area (Å²) in [4.78, 5) is 6.94. The molecule has 0 amide bonds. The zero-order chi connectivity index (χ0) is 16.4. The minimum atomic E-state index is -4.13. The van der Waals surface area contributed by atoms with Crippen LogP contribution in [0.1, 0.15) is 0 Å². The maximum atomic E-state index is 12.0. The molecule has 2 aromatic rings. The normalized spacial score (nSPS) is 12.3. The van der Waals surface area contributed by atoms with Crippen LogP contribution in [-0.2, 0) is 20.0 Å². The fraction of sp³-hybridized carbons (Fsp3) is 0. The average Bonchev–Trinajstić information content (AvgIpc) is 2.49. The molecule has 11 heteroatoms. The monoisotopic (exact) mass is 425 g/mol. The van der Waals surface area contributed by atoms with Crippen LogP contribution < -0.4 is 9.66 Å². The van der Waals surface area contributed by atoms with E-state index in [4.69, 9.17) is 11.6 Å². The number of hydrogen-bond acceptors (Lipinski definition) is 5. The zero-order valence-electron chi connectivity index (χ0n) is 10.7. The van der Waals surface area contributed by atoms with E-state index in [1.54, 1.807) is 15.7 Å². The first-order valence-electron chi connectivity index (χ1n) is 5.62. The minimum Gasteiger partial charge on any atom is -0.242 e. The lowest BCUT2D eigenvalue weighted by Gasteiger charge is -2.09. The maximum absolute atomic E-state index is 12.0. The predicted octanol–water partition coefficient (Wildman–Crippen LogP) is 1.67. The molecule has 1 aromatic heterocycles. The molecule has 0 fully saturated rings. The molecule has 0 atom stereocenters. The van der Waals surface area contributed by atoms with Gasteiger partial charge in [-0.25, -0.2) is 21.8 Å². The molecule has 22 heavy (non-hydrogen) atoms. The zero-order valence-corrected chi connectivity index (χ0v) is 14.7. The lowest BCUT2D eigenvalue weighted by Crippen LogP contribution is -2.41. The number of hydrogen-bond donors (Lipinski definition) is 2. The number of hydrazine groups is 1. The van der Waals surface area contributed by atoms with Gasteiger partial charge in [-0.05, 0) is 34.1 Å². The van der Waals surface area contributed by atoms with E-state index in [0.29, 0.717) is 0 Å². The van der Waals surface area contributed by atoms with Crippen LogP contribution in [0, 0.1) is 0 Å². The Hall–Kier alpha value is -1.04. The van der Waals surface area contributed by atoms with Gasteiger partial charge in [0, 0.05) is 6.20 Å². The van der Waals surface area contributed by atoms with Crippen LogP contribution in [0.2, 0.25) is 5.15 Å². The van der Waals surface area contributed by atoms with E-state index in [1.807, 2.05) is 0 Å². The number of nitrogens with one attached hydrogen (secondary N) is 2. The highest BCUT2D eigenvalue weighted by Gasteiger charge is 2.20. The maximum Gasteiger partial charge on any atom is 0.255 e. The van der Waals surface area contributed by atoms with Crippen LogP contribution in [-0.4, -0.2) is 21.8 Å². The summed E-state index contributed by atoms with van der Waals surface area (Å²) >= 11 is 8.72. The van der Waals surface area contributed by atoms with Crippen molar-refractivity contribution in [2.45, 2.75) is 9.79 Å².